The highest BCUT2D eigenvalue weighted by atomic mass is 16.2. The number of carbonyl (C=O) groups excluding carboxylic acids is 1. The molecule has 21 heavy (non-hydrogen) atoms. The highest BCUT2D eigenvalue weighted by molar-refractivity contribution is 5.76. The van der Waals surface area contributed by atoms with Crippen molar-refractivity contribution in [2.75, 3.05) is 19.6 Å². The highest BCUT2D eigenvalue weighted by Crippen LogP contribution is 2.25. The smallest absolute Gasteiger partial charge is 0.222 e. The second-order valence-corrected chi connectivity index (χ2v) is 6.19. The van der Waals surface area contributed by atoms with Gasteiger partial charge in [-0.1, -0.05) is 13.8 Å². The Balaban J connectivity index is 1.80. The van der Waals surface area contributed by atoms with Crippen molar-refractivity contribution in [3.05, 3.63) is 12.2 Å². The fourth-order valence-corrected chi connectivity index (χ4v) is 2.86. The Morgan fingerprint density at radius 1 is 1.52 bits per heavy atom. The molecule has 6 heteroatoms. The number of aryl methyl sites for hydroxylation is 1. The van der Waals surface area contributed by atoms with Crippen LogP contribution in [-0.4, -0.2) is 51.2 Å². The van der Waals surface area contributed by atoms with Gasteiger partial charge in [0.15, 0.2) is 0 Å². The molecule has 0 spiro atoms. The van der Waals surface area contributed by atoms with Gasteiger partial charge >= 0.3 is 0 Å². The van der Waals surface area contributed by atoms with Crippen LogP contribution in [-0.2, 0) is 11.8 Å². The molecule has 2 heterocycles. The van der Waals surface area contributed by atoms with E-state index in [9.17, 15) is 4.79 Å². The van der Waals surface area contributed by atoms with Crippen LogP contribution in [0, 0.1) is 0 Å². The zero-order valence-electron chi connectivity index (χ0n) is 13.4. The molecule has 1 atom stereocenters. The van der Waals surface area contributed by atoms with Crippen LogP contribution in [0.4, 0.5) is 0 Å². The van der Waals surface area contributed by atoms with Gasteiger partial charge in [0.2, 0.25) is 5.91 Å². The van der Waals surface area contributed by atoms with Gasteiger partial charge < -0.3 is 14.8 Å². The van der Waals surface area contributed by atoms with E-state index in [2.05, 4.69) is 29.4 Å². The van der Waals surface area contributed by atoms with Crippen LogP contribution >= 0.6 is 0 Å². The molecule has 2 rings (SSSR count). The van der Waals surface area contributed by atoms with Crippen molar-refractivity contribution >= 4 is 5.91 Å². The van der Waals surface area contributed by atoms with Gasteiger partial charge in [-0.25, -0.2) is 0 Å². The Hall–Kier alpha value is -1.43. The summed E-state index contributed by atoms with van der Waals surface area (Å²) in [4.78, 5) is 14.3. The molecular formula is C15H27N5O. The number of hydrogen-bond donors (Lipinski definition) is 1. The van der Waals surface area contributed by atoms with Crippen LogP contribution in [0.5, 0.6) is 0 Å². The fourth-order valence-electron chi connectivity index (χ4n) is 2.86. The van der Waals surface area contributed by atoms with E-state index in [1.807, 2.05) is 16.5 Å². The maximum Gasteiger partial charge on any atom is 0.222 e. The number of amides is 1. The molecule has 0 saturated carbocycles. The molecule has 1 saturated heterocycles. The average molecular weight is 293 g/mol. The molecule has 1 aromatic rings. The summed E-state index contributed by atoms with van der Waals surface area (Å²) >= 11 is 0. The predicted octanol–water partition coefficient (Wildman–Crippen LogP) is 1.30. The summed E-state index contributed by atoms with van der Waals surface area (Å²) in [6.45, 7) is 6.81. The number of piperidine rings is 1. The molecule has 0 aromatic carbocycles. The van der Waals surface area contributed by atoms with Crippen molar-refractivity contribution in [2.45, 2.75) is 51.5 Å². The van der Waals surface area contributed by atoms with E-state index >= 15 is 0 Å². The molecule has 1 fully saturated rings. The van der Waals surface area contributed by atoms with Crippen molar-refractivity contribution < 1.29 is 4.79 Å². The van der Waals surface area contributed by atoms with E-state index in [0.717, 1.165) is 44.7 Å². The van der Waals surface area contributed by atoms with Crippen LogP contribution in [0.2, 0.25) is 0 Å². The van der Waals surface area contributed by atoms with Gasteiger partial charge in [-0.2, -0.15) is 0 Å². The first-order chi connectivity index (χ1) is 10.1. The van der Waals surface area contributed by atoms with Gasteiger partial charge in [0.1, 0.15) is 12.2 Å². The third-order valence-electron chi connectivity index (χ3n) is 4.01. The largest absolute Gasteiger partial charge is 0.342 e. The average Bonchev–Trinajstić information content (AvgIpc) is 2.89. The first-order valence-electron chi connectivity index (χ1n) is 7.93. The molecule has 1 unspecified atom stereocenters. The van der Waals surface area contributed by atoms with E-state index in [4.69, 9.17) is 0 Å². The first-order valence-corrected chi connectivity index (χ1v) is 7.93. The molecule has 0 aliphatic carbocycles. The summed E-state index contributed by atoms with van der Waals surface area (Å²) < 4.78 is 1.96. The lowest BCUT2D eigenvalue weighted by Crippen LogP contribution is -2.40. The summed E-state index contributed by atoms with van der Waals surface area (Å²) in [6, 6.07) is 0.482. The Morgan fingerprint density at radius 2 is 2.33 bits per heavy atom. The van der Waals surface area contributed by atoms with E-state index in [-0.39, 0.29) is 5.91 Å². The van der Waals surface area contributed by atoms with Crippen molar-refractivity contribution in [1.29, 1.82) is 0 Å². The SMILES string of the molecule is CC(C)NCCCC(=O)N1CCCC(c2nncn2C)C1. The zero-order chi connectivity index (χ0) is 15.2. The van der Waals surface area contributed by atoms with Crippen LogP contribution < -0.4 is 5.32 Å². The number of nitrogens with zero attached hydrogens (tertiary/aromatic N) is 4. The minimum Gasteiger partial charge on any atom is -0.342 e. The molecule has 1 aliphatic heterocycles. The molecular weight excluding hydrogens is 266 g/mol. The molecule has 118 valence electrons. The Kier molecular flexibility index (Phi) is 5.73. The monoisotopic (exact) mass is 293 g/mol. The lowest BCUT2D eigenvalue weighted by Gasteiger charge is -2.32. The summed E-state index contributed by atoms with van der Waals surface area (Å²) in [5.41, 5.74) is 0. The predicted molar refractivity (Wildman–Crippen MR) is 81.9 cm³/mol. The highest BCUT2D eigenvalue weighted by Gasteiger charge is 2.26. The second-order valence-electron chi connectivity index (χ2n) is 6.19. The van der Waals surface area contributed by atoms with Crippen molar-refractivity contribution in [2.24, 2.45) is 7.05 Å². The maximum absolute atomic E-state index is 12.3. The second kappa shape index (κ2) is 7.54. The van der Waals surface area contributed by atoms with Gasteiger partial charge in [0.25, 0.3) is 0 Å². The third-order valence-corrected chi connectivity index (χ3v) is 4.01. The number of likely N-dealkylation sites (tertiary alicyclic amines) is 1. The molecule has 1 aliphatic rings. The Bertz CT molecular complexity index is 457. The lowest BCUT2D eigenvalue weighted by molar-refractivity contribution is -0.132. The summed E-state index contributed by atoms with van der Waals surface area (Å²) in [5.74, 6) is 1.59. The van der Waals surface area contributed by atoms with Gasteiger partial charge in [-0.15, -0.1) is 10.2 Å². The van der Waals surface area contributed by atoms with Crippen molar-refractivity contribution in [1.82, 2.24) is 25.0 Å². The van der Waals surface area contributed by atoms with Crippen molar-refractivity contribution in [3.8, 4) is 0 Å². The standard InChI is InChI=1S/C15H27N5O/c1-12(2)16-8-4-7-14(21)20-9-5-6-13(10-20)15-18-17-11-19(15)3/h11-13,16H,4-10H2,1-3H3. The summed E-state index contributed by atoms with van der Waals surface area (Å²) in [5, 5.41) is 11.5. The van der Waals surface area contributed by atoms with Crippen LogP contribution in [0.15, 0.2) is 6.33 Å². The van der Waals surface area contributed by atoms with Gasteiger partial charge in [0, 0.05) is 38.5 Å². The molecule has 1 aromatic heterocycles. The summed E-state index contributed by atoms with van der Waals surface area (Å²) in [7, 11) is 1.97. The Morgan fingerprint density at radius 3 is 3.00 bits per heavy atom. The van der Waals surface area contributed by atoms with Crippen LogP contribution in [0.1, 0.15) is 51.3 Å². The number of rotatable bonds is 6. The number of aromatic nitrogens is 3. The van der Waals surface area contributed by atoms with E-state index in [1.165, 1.54) is 0 Å². The van der Waals surface area contributed by atoms with Gasteiger partial charge in [-0.3, -0.25) is 4.79 Å². The maximum atomic E-state index is 12.3. The van der Waals surface area contributed by atoms with E-state index in [1.54, 1.807) is 6.33 Å². The minimum absolute atomic E-state index is 0.271. The third kappa shape index (κ3) is 4.52. The molecule has 1 N–H and O–H groups in total. The number of carbonyl (C=O) groups is 1. The summed E-state index contributed by atoms with van der Waals surface area (Å²) in [6.07, 6.45) is 5.40. The zero-order valence-corrected chi connectivity index (χ0v) is 13.4. The number of hydrogen-bond acceptors (Lipinski definition) is 4. The van der Waals surface area contributed by atoms with Gasteiger partial charge in [0.05, 0.1) is 0 Å². The number of nitrogens with one attached hydrogen (secondary N) is 1. The van der Waals surface area contributed by atoms with Gasteiger partial charge in [-0.05, 0) is 25.8 Å². The van der Waals surface area contributed by atoms with Crippen LogP contribution in [0.3, 0.4) is 0 Å². The molecule has 0 radical (unpaired) electrons. The minimum atomic E-state index is 0.271. The van der Waals surface area contributed by atoms with E-state index in [0.29, 0.717) is 18.4 Å². The van der Waals surface area contributed by atoms with Crippen LogP contribution in [0.25, 0.3) is 0 Å². The first kappa shape index (κ1) is 15.9. The molecule has 6 nitrogen and oxygen atoms in total. The quantitative estimate of drug-likeness (QED) is 0.803. The fraction of sp³-hybridized carbons (Fsp3) is 0.800. The topological polar surface area (TPSA) is 63.1 Å². The molecule has 0 bridgehead atoms. The molecule has 1 amide bonds. The van der Waals surface area contributed by atoms with Crippen molar-refractivity contribution in [3.63, 3.8) is 0 Å². The Labute approximate surface area is 126 Å². The van der Waals surface area contributed by atoms with E-state index < -0.39 is 0 Å². The lowest BCUT2D eigenvalue weighted by atomic mass is 9.97. The normalized spacial score (nSPS) is 19.2.